The summed E-state index contributed by atoms with van der Waals surface area (Å²) in [5, 5.41) is 47.7. The first-order valence-corrected chi connectivity index (χ1v) is 6.73. The van der Waals surface area contributed by atoms with E-state index in [0.717, 1.165) is 5.56 Å². The normalized spacial score (nSPS) is 17.9. The average Bonchev–Trinajstić information content (AvgIpc) is 2.52. The molecule has 0 spiro atoms. The average molecular weight is 298 g/mol. The van der Waals surface area contributed by atoms with Crippen molar-refractivity contribution in [2.24, 2.45) is 0 Å². The van der Waals surface area contributed by atoms with E-state index in [4.69, 9.17) is 9.84 Å². The van der Waals surface area contributed by atoms with E-state index in [1.54, 1.807) is 19.1 Å². The molecule has 0 saturated carbocycles. The molecule has 1 aromatic carbocycles. The summed E-state index contributed by atoms with van der Waals surface area (Å²) in [5.41, 5.74) is 0.754. The third-order valence-electron chi connectivity index (χ3n) is 2.97. The first kappa shape index (κ1) is 17.6. The van der Waals surface area contributed by atoms with Gasteiger partial charge in [0.25, 0.3) is 0 Å². The van der Waals surface area contributed by atoms with Crippen molar-refractivity contribution in [3.63, 3.8) is 0 Å². The van der Waals surface area contributed by atoms with Crippen LogP contribution in [0.2, 0.25) is 0 Å². The lowest BCUT2D eigenvalue weighted by atomic mass is 10.0. The van der Waals surface area contributed by atoms with Gasteiger partial charge in [0, 0.05) is 0 Å². The van der Waals surface area contributed by atoms with E-state index in [0.29, 0.717) is 0 Å². The van der Waals surface area contributed by atoms with Crippen LogP contribution in [-0.2, 0) is 4.74 Å². The van der Waals surface area contributed by atoms with E-state index in [1.807, 2.05) is 18.2 Å². The Labute approximate surface area is 123 Å². The van der Waals surface area contributed by atoms with Crippen LogP contribution < -0.4 is 0 Å². The molecule has 0 amide bonds. The highest BCUT2D eigenvalue weighted by molar-refractivity contribution is 5.52. The highest BCUT2D eigenvalue weighted by Crippen LogP contribution is 2.17. The zero-order chi connectivity index (χ0) is 15.8. The van der Waals surface area contributed by atoms with Gasteiger partial charge >= 0.3 is 0 Å². The highest BCUT2D eigenvalue weighted by Gasteiger charge is 2.32. The van der Waals surface area contributed by atoms with Gasteiger partial charge < -0.3 is 30.3 Å². The molecule has 0 aliphatic rings. The fraction of sp³-hybridized carbons (Fsp3) is 0.467. The van der Waals surface area contributed by atoms with Crippen LogP contribution in [-0.4, -0.2) is 63.2 Å². The van der Waals surface area contributed by atoms with Crippen LogP contribution in [0.25, 0.3) is 6.08 Å². The van der Waals surface area contributed by atoms with Gasteiger partial charge in [-0.1, -0.05) is 30.3 Å². The Balaban J connectivity index is 2.92. The SMILES string of the molecule is CCOC(=Cc1ccccc1)[C@H](O)[C@@H](O)[C@H](O)[C@H](O)CO. The Hall–Kier alpha value is -1.44. The summed E-state index contributed by atoms with van der Waals surface area (Å²) in [7, 11) is 0. The van der Waals surface area contributed by atoms with Gasteiger partial charge in [-0.3, -0.25) is 0 Å². The highest BCUT2D eigenvalue weighted by atomic mass is 16.5. The quantitative estimate of drug-likeness (QED) is 0.414. The molecule has 21 heavy (non-hydrogen) atoms. The predicted molar refractivity (Wildman–Crippen MR) is 77.2 cm³/mol. The van der Waals surface area contributed by atoms with E-state index in [1.165, 1.54) is 6.08 Å². The number of hydrogen-bond donors (Lipinski definition) is 5. The molecule has 0 aromatic heterocycles. The molecule has 0 radical (unpaired) electrons. The summed E-state index contributed by atoms with van der Waals surface area (Å²) < 4.78 is 5.29. The van der Waals surface area contributed by atoms with Crippen LogP contribution >= 0.6 is 0 Å². The van der Waals surface area contributed by atoms with Crippen molar-refractivity contribution >= 4 is 6.08 Å². The number of ether oxygens (including phenoxy) is 1. The van der Waals surface area contributed by atoms with Gasteiger partial charge in [0.15, 0.2) is 0 Å². The zero-order valence-corrected chi connectivity index (χ0v) is 11.8. The first-order chi connectivity index (χ1) is 10.0. The largest absolute Gasteiger partial charge is 0.495 e. The molecule has 0 bridgehead atoms. The van der Waals surface area contributed by atoms with E-state index >= 15 is 0 Å². The van der Waals surface area contributed by atoms with Crippen LogP contribution in [0.3, 0.4) is 0 Å². The Morgan fingerprint density at radius 2 is 1.71 bits per heavy atom. The lowest BCUT2D eigenvalue weighted by Crippen LogP contribution is -2.46. The van der Waals surface area contributed by atoms with Crippen molar-refractivity contribution in [3.8, 4) is 0 Å². The van der Waals surface area contributed by atoms with Crippen LogP contribution in [0.5, 0.6) is 0 Å². The third-order valence-corrected chi connectivity index (χ3v) is 2.97. The minimum atomic E-state index is -1.69. The van der Waals surface area contributed by atoms with E-state index in [9.17, 15) is 20.4 Å². The fourth-order valence-corrected chi connectivity index (χ4v) is 1.78. The van der Waals surface area contributed by atoms with Gasteiger partial charge in [-0.2, -0.15) is 0 Å². The number of rotatable bonds is 8. The van der Waals surface area contributed by atoms with Gasteiger partial charge in [0.2, 0.25) is 0 Å². The minimum Gasteiger partial charge on any atom is -0.495 e. The molecular weight excluding hydrogens is 276 g/mol. The van der Waals surface area contributed by atoms with Gasteiger partial charge in [0.05, 0.1) is 13.2 Å². The third kappa shape index (κ3) is 5.11. The molecule has 0 saturated heterocycles. The maximum atomic E-state index is 10.1. The molecule has 0 fully saturated rings. The second kappa shape index (κ2) is 8.76. The van der Waals surface area contributed by atoms with Crippen molar-refractivity contribution in [1.29, 1.82) is 0 Å². The van der Waals surface area contributed by atoms with Crippen LogP contribution in [0.1, 0.15) is 12.5 Å². The molecule has 0 aliphatic heterocycles. The fourth-order valence-electron chi connectivity index (χ4n) is 1.78. The lowest BCUT2D eigenvalue weighted by molar-refractivity contribution is -0.115. The Kier molecular flexibility index (Phi) is 7.35. The molecule has 6 heteroatoms. The molecule has 4 atom stereocenters. The summed E-state index contributed by atoms with van der Waals surface area (Å²) in [4.78, 5) is 0. The monoisotopic (exact) mass is 298 g/mol. The molecular formula is C15H22O6. The van der Waals surface area contributed by atoms with Crippen LogP contribution in [0, 0.1) is 0 Å². The van der Waals surface area contributed by atoms with Gasteiger partial charge in [-0.05, 0) is 18.6 Å². The van der Waals surface area contributed by atoms with Gasteiger partial charge in [-0.15, -0.1) is 0 Å². The Morgan fingerprint density at radius 1 is 1.10 bits per heavy atom. The van der Waals surface area contributed by atoms with E-state index in [2.05, 4.69) is 0 Å². The summed E-state index contributed by atoms with van der Waals surface area (Å²) in [6, 6.07) is 9.03. The van der Waals surface area contributed by atoms with Crippen LogP contribution in [0.15, 0.2) is 36.1 Å². The smallest absolute Gasteiger partial charge is 0.139 e. The maximum absolute atomic E-state index is 10.1. The number of hydrogen-bond acceptors (Lipinski definition) is 6. The second-order valence-electron chi connectivity index (χ2n) is 4.57. The summed E-state index contributed by atoms with van der Waals surface area (Å²) in [6.07, 6.45) is -4.91. The zero-order valence-electron chi connectivity index (χ0n) is 11.8. The van der Waals surface area contributed by atoms with Gasteiger partial charge in [-0.25, -0.2) is 0 Å². The summed E-state index contributed by atoms with van der Waals surface area (Å²) >= 11 is 0. The van der Waals surface area contributed by atoms with Gasteiger partial charge in [0.1, 0.15) is 30.2 Å². The van der Waals surface area contributed by atoms with Crippen molar-refractivity contribution in [3.05, 3.63) is 41.7 Å². The first-order valence-electron chi connectivity index (χ1n) is 6.73. The van der Waals surface area contributed by atoms with E-state index in [-0.39, 0.29) is 12.4 Å². The van der Waals surface area contributed by atoms with Crippen molar-refractivity contribution in [2.45, 2.75) is 31.3 Å². The Bertz CT molecular complexity index is 433. The molecule has 0 heterocycles. The maximum Gasteiger partial charge on any atom is 0.139 e. The molecule has 118 valence electrons. The van der Waals surface area contributed by atoms with Crippen molar-refractivity contribution < 1.29 is 30.3 Å². The van der Waals surface area contributed by atoms with Crippen molar-refractivity contribution in [1.82, 2.24) is 0 Å². The Morgan fingerprint density at radius 3 is 2.24 bits per heavy atom. The van der Waals surface area contributed by atoms with Crippen LogP contribution in [0.4, 0.5) is 0 Å². The molecule has 5 N–H and O–H groups in total. The van der Waals surface area contributed by atoms with Crippen molar-refractivity contribution in [2.75, 3.05) is 13.2 Å². The summed E-state index contributed by atoms with van der Waals surface area (Å²) in [6.45, 7) is 1.26. The predicted octanol–water partition coefficient (Wildman–Crippen LogP) is -0.500. The minimum absolute atomic E-state index is 0.0698. The molecule has 6 nitrogen and oxygen atoms in total. The number of aliphatic hydroxyl groups is 5. The lowest BCUT2D eigenvalue weighted by Gasteiger charge is -2.27. The summed E-state index contributed by atoms with van der Waals surface area (Å²) in [5.74, 6) is 0.0698. The topological polar surface area (TPSA) is 110 Å². The second-order valence-corrected chi connectivity index (χ2v) is 4.57. The molecule has 0 unspecified atom stereocenters. The number of benzene rings is 1. The van der Waals surface area contributed by atoms with E-state index < -0.39 is 31.0 Å². The number of aliphatic hydroxyl groups excluding tert-OH is 5. The standard InChI is InChI=1S/C15H22O6/c1-2-21-12(8-10-6-4-3-5-7-10)14(19)15(20)13(18)11(17)9-16/h3-8,11,13-20H,2,9H2,1H3/t11-,13-,14+,15+/m1/s1. The molecule has 1 aromatic rings. The molecule has 1 rings (SSSR count). The molecule has 0 aliphatic carbocycles.